The Morgan fingerprint density at radius 2 is 2.07 bits per heavy atom. The minimum absolute atomic E-state index is 0.172. The molecule has 0 spiro atoms. The predicted molar refractivity (Wildman–Crippen MR) is 56.9 cm³/mol. The Hall–Kier alpha value is -2.26. The molecule has 0 aliphatic rings. The van der Waals surface area contributed by atoms with Crippen molar-refractivity contribution in [3.8, 4) is 18.4 Å². The van der Waals surface area contributed by atoms with E-state index in [9.17, 15) is 4.79 Å². The zero-order valence-electron chi connectivity index (χ0n) is 8.16. The van der Waals surface area contributed by atoms with Gasteiger partial charge in [-0.25, -0.2) is 0 Å². The predicted octanol–water partition coefficient (Wildman–Crippen LogP) is 1.31. The fourth-order valence-corrected chi connectivity index (χ4v) is 1.05. The molecule has 1 amide bonds. The van der Waals surface area contributed by atoms with Crippen molar-refractivity contribution < 1.29 is 4.79 Å². The first kappa shape index (κ1) is 10.8. The quantitative estimate of drug-likeness (QED) is 0.588. The second-order valence-electron chi connectivity index (χ2n) is 2.90. The number of hydrogen-bond donors (Lipinski definition) is 1. The molecular formula is C12H10N2O. The third kappa shape index (κ3) is 3.17. The maximum atomic E-state index is 11.5. The summed E-state index contributed by atoms with van der Waals surface area (Å²) >= 11 is 0. The van der Waals surface area contributed by atoms with Crippen LogP contribution in [0.15, 0.2) is 24.3 Å². The van der Waals surface area contributed by atoms with Gasteiger partial charge in [-0.15, -0.1) is 12.3 Å². The van der Waals surface area contributed by atoms with Crippen LogP contribution in [0.3, 0.4) is 0 Å². The minimum Gasteiger partial charge on any atom is -0.351 e. The van der Waals surface area contributed by atoms with E-state index >= 15 is 0 Å². The highest BCUT2D eigenvalue weighted by Crippen LogP contribution is 2.02. The lowest BCUT2D eigenvalue weighted by Gasteiger charge is -2.02. The molecule has 1 aromatic carbocycles. The highest BCUT2D eigenvalue weighted by molar-refractivity contribution is 5.94. The molecule has 0 saturated carbocycles. The van der Waals surface area contributed by atoms with Crippen molar-refractivity contribution in [3.05, 3.63) is 35.4 Å². The first-order valence-electron chi connectivity index (χ1n) is 4.49. The van der Waals surface area contributed by atoms with Gasteiger partial charge in [0.2, 0.25) is 0 Å². The van der Waals surface area contributed by atoms with Crippen LogP contribution < -0.4 is 5.32 Å². The fraction of sp³-hybridized carbons (Fsp3) is 0.167. The van der Waals surface area contributed by atoms with Crippen LogP contribution in [0.1, 0.15) is 22.3 Å². The van der Waals surface area contributed by atoms with E-state index in [2.05, 4.69) is 11.2 Å². The third-order valence-corrected chi connectivity index (χ3v) is 1.83. The number of benzene rings is 1. The number of rotatable bonds is 3. The topological polar surface area (TPSA) is 52.9 Å². The fourth-order valence-electron chi connectivity index (χ4n) is 1.05. The van der Waals surface area contributed by atoms with Gasteiger partial charge >= 0.3 is 0 Å². The maximum Gasteiger partial charge on any atom is 0.251 e. The summed E-state index contributed by atoms with van der Waals surface area (Å²) in [6.45, 7) is 0.468. The van der Waals surface area contributed by atoms with Crippen molar-refractivity contribution in [1.29, 1.82) is 5.26 Å². The Morgan fingerprint density at radius 1 is 1.40 bits per heavy atom. The third-order valence-electron chi connectivity index (χ3n) is 1.83. The van der Waals surface area contributed by atoms with Crippen molar-refractivity contribution in [2.75, 3.05) is 6.54 Å². The molecule has 3 nitrogen and oxygen atoms in total. The summed E-state index contributed by atoms with van der Waals surface area (Å²) in [5.41, 5.74) is 1.07. The lowest BCUT2D eigenvalue weighted by atomic mass is 10.1. The molecule has 1 N–H and O–H groups in total. The first-order chi connectivity index (χ1) is 7.27. The Labute approximate surface area is 88.7 Å². The molecule has 0 atom stereocenters. The molecule has 0 fully saturated rings. The Balaban J connectivity index is 2.60. The summed E-state index contributed by atoms with van der Waals surface area (Å²) in [6, 6.07) is 8.43. The number of nitrogens with one attached hydrogen (secondary N) is 1. The second-order valence-corrected chi connectivity index (χ2v) is 2.90. The van der Waals surface area contributed by atoms with Crippen molar-refractivity contribution in [1.82, 2.24) is 5.32 Å². The van der Waals surface area contributed by atoms with E-state index in [4.69, 9.17) is 11.7 Å². The lowest BCUT2D eigenvalue weighted by Crippen LogP contribution is -2.24. The summed E-state index contributed by atoms with van der Waals surface area (Å²) in [5.74, 6) is 2.26. The van der Waals surface area contributed by atoms with Crippen LogP contribution in [0.4, 0.5) is 0 Å². The van der Waals surface area contributed by atoms with Crippen molar-refractivity contribution in [2.24, 2.45) is 0 Å². The van der Waals surface area contributed by atoms with Gasteiger partial charge in [0.25, 0.3) is 5.91 Å². The van der Waals surface area contributed by atoms with Crippen molar-refractivity contribution >= 4 is 5.91 Å². The van der Waals surface area contributed by atoms with Gasteiger partial charge in [-0.2, -0.15) is 5.26 Å². The summed E-state index contributed by atoms with van der Waals surface area (Å²) in [5, 5.41) is 11.2. The van der Waals surface area contributed by atoms with Crippen LogP contribution in [0.5, 0.6) is 0 Å². The highest BCUT2D eigenvalue weighted by Gasteiger charge is 2.03. The molecule has 1 rings (SSSR count). The summed E-state index contributed by atoms with van der Waals surface area (Å²) in [7, 11) is 0. The molecule has 0 unspecified atom stereocenters. The van der Waals surface area contributed by atoms with Crippen LogP contribution >= 0.6 is 0 Å². The number of hydrogen-bond acceptors (Lipinski definition) is 2. The molecule has 0 aromatic heterocycles. The number of nitrogens with zero attached hydrogens (tertiary/aromatic N) is 1. The van der Waals surface area contributed by atoms with Crippen LogP contribution in [0, 0.1) is 23.7 Å². The van der Waals surface area contributed by atoms with Crippen molar-refractivity contribution in [3.63, 3.8) is 0 Å². The number of nitriles is 1. The average molecular weight is 198 g/mol. The van der Waals surface area contributed by atoms with Crippen LogP contribution in [-0.2, 0) is 0 Å². The van der Waals surface area contributed by atoms with Gasteiger partial charge in [0.15, 0.2) is 0 Å². The molecular weight excluding hydrogens is 188 g/mol. The van der Waals surface area contributed by atoms with E-state index in [1.165, 1.54) is 0 Å². The summed E-state index contributed by atoms with van der Waals surface area (Å²) in [4.78, 5) is 11.5. The Morgan fingerprint density at radius 3 is 2.60 bits per heavy atom. The molecule has 15 heavy (non-hydrogen) atoms. The zero-order valence-corrected chi connectivity index (χ0v) is 8.16. The first-order valence-corrected chi connectivity index (χ1v) is 4.49. The molecule has 0 aliphatic heterocycles. The highest BCUT2D eigenvalue weighted by atomic mass is 16.1. The second kappa shape index (κ2) is 5.47. The maximum absolute atomic E-state index is 11.5. The summed E-state index contributed by atoms with van der Waals surface area (Å²) < 4.78 is 0. The number of amides is 1. The number of carbonyl (C=O) groups is 1. The molecule has 0 heterocycles. The standard InChI is InChI=1S/C12H10N2O/c1-2-3-8-14-12(15)11-6-4-10(9-13)5-7-11/h1,4-7H,3,8H2,(H,14,15). The largest absolute Gasteiger partial charge is 0.351 e. The Kier molecular flexibility index (Phi) is 3.94. The van der Waals surface area contributed by atoms with Crippen LogP contribution in [0.25, 0.3) is 0 Å². The SMILES string of the molecule is C#CCCNC(=O)c1ccc(C#N)cc1. The van der Waals surface area contributed by atoms with E-state index < -0.39 is 0 Å². The Bertz CT molecular complexity index is 420. The van der Waals surface area contributed by atoms with Crippen LogP contribution in [0.2, 0.25) is 0 Å². The smallest absolute Gasteiger partial charge is 0.251 e. The van der Waals surface area contributed by atoms with E-state index in [1.807, 2.05) is 6.07 Å². The molecule has 0 bridgehead atoms. The molecule has 74 valence electrons. The van der Waals surface area contributed by atoms with Gasteiger partial charge in [0, 0.05) is 18.5 Å². The monoisotopic (exact) mass is 198 g/mol. The van der Waals surface area contributed by atoms with Gasteiger partial charge in [0.1, 0.15) is 0 Å². The molecule has 0 radical (unpaired) electrons. The van der Waals surface area contributed by atoms with Crippen LogP contribution in [-0.4, -0.2) is 12.5 Å². The van der Waals surface area contributed by atoms with E-state index in [0.717, 1.165) is 0 Å². The molecule has 0 aliphatic carbocycles. The molecule has 0 saturated heterocycles. The van der Waals surface area contributed by atoms with E-state index in [1.54, 1.807) is 24.3 Å². The molecule has 3 heteroatoms. The van der Waals surface area contributed by atoms with Crippen molar-refractivity contribution in [2.45, 2.75) is 6.42 Å². The zero-order chi connectivity index (χ0) is 11.1. The van der Waals surface area contributed by atoms with E-state index in [-0.39, 0.29) is 5.91 Å². The van der Waals surface area contributed by atoms with Gasteiger partial charge in [-0.3, -0.25) is 4.79 Å². The van der Waals surface area contributed by atoms with Gasteiger partial charge < -0.3 is 5.32 Å². The number of carbonyl (C=O) groups excluding carboxylic acids is 1. The molecule has 1 aromatic rings. The lowest BCUT2D eigenvalue weighted by molar-refractivity contribution is 0.0954. The normalized spacial score (nSPS) is 8.67. The van der Waals surface area contributed by atoms with Gasteiger partial charge in [-0.1, -0.05) is 0 Å². The number of terminal acetylenes is 1. The van der Waals surface area contributed by atoms with Gasteiger partial charge in [-0.05, 0) is 24.3 Å². The minimum atomic E-state index is -0.172. The summed E-state index contributed by atoms with van der Waals surface area (Å²) in [6.07, 6.45) is 5.57. The van der Waals surface area contributed by atoms with E-state index in [0.29, 0.717) is 24.1 Å². The van der Waals surface area contributed by atoms with Gasteiger partial charge in [0.05, 0.1) is 11.6 Å². The average Bonchev–Trinajstić information content (AvgIpc) is 2.29.